The Balaban J connectivity index is 2.18. The van der Waals surface area contributed by atoms with E-state index in [0.717, 1.165) is 5.56 Å². The number of hydrogen-bond donors (Lipinski definition) is 1. The monoisotopic (exact) mass is 290 g/mol. The third-order valence-electron chi connectivity index (χ3n) is 3.27. The van der Waals surface area contributed by atoms with Crippen molar-refractivity contribution in [3.63, 3.8) is 0 Å². The lowest BCUT2D eigenvalue weighted by atomic mass is 10.0. The Bertz CT molecular complexity index is 913. The summed E-state index contributed by atoms with van der Waals surface area (Å²) in [7, 11) is 0. The number of fused-ring (bicyclic) bond motifs is 1. The van der Waals surface area contributed by atoms with Crippen molar-refractivity contribution < 1.29 is 9.90 Å². The maximum absolute atomic E-state index is 11.5. The Morgan fingerprint density at radius 1 is 1.14 bits per heavy atom. The maximum Gasteiger partial charge on any atom is 0.336 e. The van der Waals surface area contributed by atoms with Crippen LogP contribution >= 0.6 is 0 Å². The van der Waals surface area contributed by atoms with Crippen LogP contribution in [-0.4, -0.2) is 16.1 Å². The van der Waals surface area contributed by atoms with Gasteiger partial charge in [0.05, 0.1) is 16.8 Å². The third-order valence-corrected chi connectivity index (χ3v) is 3.27. The highest BCUT2D eigenvalue weighted by Crippen LogP contribution is 2.26. The smallest absolute Gasteiger partial charge is 0.336 e. The number of aromatic carboxylic acids is 1. The number of carboxylic acid groups (broad SMARTS) is 1. The number of benzene rings is 2. The van der Waals surface area contributed by atoms with E-state index in [1.807, 2.05) is 6.07 Å². The molecule has 1 heterocycles. The lowest BCUT2D eigenvalue weighted by Crippen LogP contribution is -2.00. The molecule has 0 aliphatic carbocycles. The number of para-hydroxylation sites is 1. The SMILES string of the molecule is [N-]=[N+]=Nc1ccc(-c2cc(C(=O)O)c3ccccc3n2)cc1. The molecule has 1 aromatic heterocycles. The van der Waals surface area contributed by atoms with E-state index in [9.17, 15) is 9.90 Å². The van der Waals surface area contributed by atoms with E-state index in [-0.39, 0.29) is 5.56 Å². The normalized spacial score (nSPS) is 10.2. The molecular formula is C16H10N4O2. The van der Waals surface area contributed by atoms with E-state index in [0.29, 0.717) is 22.3 Å². The van der Waals surface area contributed by atoms with Gasteiger partial charge in [-0.1, -0.05) is 47.6 Å². The molecule has 3 rings (SSSR count). The summed E-state index contributed by atoms with van der Waals surface area (Å²) in [6.07, 6.45) is 0. The molecule has 0 saturated carbocycles. The van der Waals surface area contributed by atoms with Crippen molar-refractivity contribution in [3.05, 3.63) is 70.6 Å². The number of rotatable bonds is 3. The van der Waals surface area contributed by atoms with Gasteiger partial charge in [0.2, 0.25) is 0 Å². The minimum Gasteiger partial charge on any atom is -0.478 e. The topological polar surface area (TPSA) is 99.0 Å². The molecule has 0 spiro atoms. The van der Waals surface area contributed by atoms with Crippen LogP contribution in [0, 0.1) is 0 Å². The highest BCUT2D eigenvalue weighted by molar-refractivity contribution is 6.03. The molecule has 0 radical (unpaired) electrons. The quantitative estimate of drug-likeness (QED) is 0.435. The minimum absolute atomic E-state index is 0.208. The highest BCUT2D eigenvalue weighted by Gasteiger charge is 2.12. The van der Waals surface area contributed by atoms with Gasteiger partial charge in [0.15, 0.2) is 0 Å². The molecule has 106 valence electrons. The first-order chi connectivity index (χ1) is 10.7. The van der Waals surface area contributed by atoms with Gasteiger partial charge in [0.1, 0.15) is 0 Å². The van der Waals surface area contributed by atoms with Gasteiger partial charge in [0.25, 0.3) is 0 Å². The van der Waals surface area contributed by atoms with E-state index in [1.165, 1.54) is 0 Å². The van der Waals surface area contributed by atoms with Crippen LogP contribution in [0.2, 0.25) is 0 Å². The van der Waals surface area contributed by atoms with Gasteiger partial charge in [0, 0.05) is 21.5 Å². The molecule has 0 aliphatic rings. The average Bonchev–Trinajstić information content (AvgIpc) is 2.54. The predicted molar refractivity (Wildman–Crippen MR) is 82.9 cm³/mol. The van der Waals surface area contributed by atoms with Gasteiger partial charge in [-0.15, -0.1) is 0 Å². The molecule has 0 aliphatic heterocycles. The van der Waals surface area contributed by atoms with Gasteiger partial charge in [-0.25, -0.2) is 9.78 Å². The first kappa shape index (κ1) is 13.6. The molecule has 6 nitrogen and oxygen atoms in total. The fourth-order valence-corrected chi connectivity index (χ4v) is 2.25. The molecule has 6 heteroatoms. The summed E-state index contributed by atoms with van der Waals surface area (Å²) < 4.78 is 0. The molecule has 0 fully saturated rings. The summed E-state index contributed by atoms with van der Waals surface area (Å²) in [5, 5.41) is 13.5. The van der Waals surface area contributed by atoms with Crippen LogP contribution in [0.5, 0.6) is 0 Å². The molecule has 0 unspecified atom stereocenters. The predicted octanol–water partition coefficient (Wildman–Crippen LogP) is 4.54. The van der Waals surface area contributed by atoms with Gasteiger partial charge < -0.3 is 5.11 Å². The van der Waals surface area contributed by atoms with Crippen molar-refractivity contribution in [1.82, 2.24) is 4.98 Å². The average molecular weight is 290 g/mol. The zero-order valence-electron chi connectivity index (χ0n) is 11.3. The first-order valence-corrected chi connectivity index (χ1v) is 6.47. The first-order valence-electron chi connectivity index (χ1n) is 6.47. The number of nitrogens with zero attached hydrogens (tertiary/aromatic N) is 4. The summed E-state index contributed by atoms with van der Waals surface area (Å²) in [6.45, 7) is 0. The molecule has 1 N–H and O–H groups in total. The molecule has 0 saturated heterocycles. The summed E-state index contributed by atoms with van der Waals surface area (Å²) in [4.78, 5) is 18.7. The fourth-order valence-electron chi connectivity index (χ4n) is 2.25. The standard InChI is InChI=1S/C16H10N4O2/c17-20-19-11-7-5-10(6-8-11)15-9-13(16(21)22)12-3-1-2-4-14(12)18-15/h1-9H,(H,21,22). The Morgan fingerprint density at radius 3 is 2.55 bits per heavy atom. The summed E-state index contributed by atoms with van der Waals surface area (Å²) in [5.74, 6) is -0.995. The minimum atomic E-state index is -0.995. The summed E-state index contributed by atoms with van der Waals surface area (Å²) >= 11 is 0. The van der Waals surface area contributed by atoms with Crippen LogP contribution in [-0.2, 0) is 0 Å². The Kier molecular flexibility index (Phi) is 3.43. The number of pyridine rings is 1. The Hall–Kier alpha value is -3.37. The molecule has 22 heavy (non-hydrogen) atoms. The largest absolute Gasteiger partial charge is 0.478 e. The van der Waals surface area contributed by atoms with Gasteiger partial charge in [-0.2, -0.15) is 0 Å². The fraction of sp³-hybridized carbons (Fsp3) is 0. The van der Waals surface area contributed by atoms with Gasteiger partial charge in [-0.3, -0.25) is 0 Å². The van der Waals surface area contributed by atoms with Crippen LogP contribution in [0.4, 0.5) is 5.69 Å². The van der Waals surface area contributed by atoms with Crippen LogP contribution < -0.4 is 0 Å². The molecule has 2 aromatic carbocycles. The van der Waals surface area contributed by atoms with E-state index in [4.69, 9.17) is 5.53 Å². The number of azide groups is 1. The summed E-state index contributed by atoms with van der Waals surface area (Å²) in [5.41, 5.74) is 11.0. The van der Waals surface area contributed by atoms with Crippen molar-refractivity contribution in [1.29, 1.82) is 0 Å². The Morgan fingerprint density at radius 2 is 1.86 bits per heavy atom. The van der Waals surface area contributed by atoms with E-state index >= 15 is 0 Å². The van der Waals surface area contributed by atoms with Gasteiger partial charge in [-0.05, 0) is 17.7 Å². The van der Waals surface area contributed by atoms with Crippen molar-refractivity contribution >= 4 is 22.6 Å². The van der Waals surface area contributed by atoms with Crippen LogP contribution in [0.25, 0.3) is 32.6 Å². The molecule has 0 bridgehead atoms. The van der Waals surface area contributed by atoms with Crippen molar-refractivity contribution in [2.75, 3.05) is 0 Å². The van der Waals surface area contributed by atoms with Crippen molar-refractivity contribution in [2.24, 2.45) is 5.11 Å². The second kappa shape index (κ2) is 5.55. The number of carbonyl (C=O) groups is 1. The van der Waals surface area contributed by atoms with Crippen LogP contribution in [0.3, 0.4) is 0 Å². The zero-order chi connectivity index (χ0) is 15.5. The zero-order valence-corrected chi connectivity index (χ0v) is 11.3. The summed E-state index contributed by atoms with van der Waals surface area (Å²) in [6, 6.07) is 15.5. The number of aromatic nitrogens is 1. The Labute approximate surface area is 125 Å². The molecule has 0 atom stereocenters. The van der Waals surface area contributed by atoms with Crippen molar-refractivity contribution in [2.45, 2.75) is 0 Å². The number of carboxylic acids is 1. The number of hydrogen-bond acceptors (Lipinski definition) is 3. The lowest BCUT2D eigenvalue weighted by molar-refractivity contribution is 0.0699. The van der Waals surface area contributed by atoms with E-state index in [1.54, 1.807) is 48.5 Å². The highest BCUT2D eigenvalue weighted by atomic mass is 16.4. The molecule has 0 amide bonds. The van der Waals surface area contributed by atoms with Gasteiger partial charge >= 0.3 is 5.97 Å². The van der Waals surface area contributed by atoms with E-state index < -0.39 is 5.97 Å². The molecular weight excluding hydrogens is 280 g/mol. The third kappa shape index (κ3) is 2.46. The van der Waals surface area contributed by atoms with Crippen LogP contribution in [0.1, 0.15) is 10.4 Å². The second-order valence-electron chi connectivity index (χ2n) is 4.61. The van der Waals surface area contributed by atoms with Crippen molar-refractivity contribution in [3.8, 4) is 11.3 Å². The lowest BCUT2D eigenvalue weighted by Gasteiger charge is -2.07. The molecule has 3 aromatic rings. The second-order valence-corrected chi connectivity index (χ2v) is 4.61. The van der Waals surface area contributed by atoms with E-state index in [2.05, 4.69) is 15.0 Å². The van der Waals surface area contributed by atoms with Crippen LogP contribution in [0.15, 0.2) is 59.7 Å². The maximum atomic E-state index is 11.5.